The van der Waals surface area contributed by atoms with E-state index in [0.717, 1.165) is 11.3 Å². The van der Waals surface area contributed by atoms with Crippen LogP contribution in [-0.2, 0) is 16.1 Å². The van der Waals surface area contributed by atoms with E-state index >= 15 is 0 Å². The lowest BCUT2D eigenvalue weighted by Crippen LogP contribution is -2.29. The average molecular weight is 223 g/mol. The first-order valence-electron chi connectivity index (χ1n) is 5.03. The number of hydrogen-bond acceptors (Lipinski definition) is 3. The minimum absolute atomic E-state index is 0.0293. The summed E-state index contributed by atoms with van der Waals surface area (Å²) >= 11 is 0. The number of nitrogens with zero attached hydrogens (tertiary/aromatic N) is 1. The van der Waals surface area contributed by atoms with Crippen LogP contribution in [0, 0.1) is 0 Å². The van der Waals surface area contributed by atoms with Crippen LogP contribution in [0.4, 0.5) is 0 Å². The molecule has 0 N–H and O–H groups in total. The van der Waals surface area contributed by atoms with E-state index in [-0.39, 0.29) is 12.5 Å². The van der Waals surface area contributed by atoms with Crippen LogP contribution in [0.3, 0.4) is 0 Å². The summed E-state index contributed by atoms with van der Waals surface area (Å²) in [6.07, 6.45) is 0. The molecule has 1 rings (SSSR count). The first-order chi connectivity index (χ1) is 7.67. The van der Waals surface area contributed by atoms with Crippen LogP contribution in [0.2, 0.25) is 0 Å². The Bertz CT molecular complexity index is 335. The fourth-order valence-corrected chi connectivity index (χ4v) is 1.33. The summed E-state index contributed by atoms with van der Waals surface area (Å²) in [4.78, 5) is 13.1. The van der Waals surface area contributed by atoms with E-state index in [1.54, 1.807) is 19.1 Å². The molecular weight excluding hydrogens is 206 g/mol. The summed E-state index contributed by atoms with van der Waals surface area (Å²) in [6, 6.07) is 7.64. The molecule has 4 nitrogen and oxygen atoms in total. The van der Waals surface area contributed by atoms with Gasteiger partial charge in [0.2, 0.25) is 5.91 Å². The summed E-state index contributed by atoms with van der Waals surface area (Å²) < 4.78 is 9.85. The van der Waals surface area contributed by atoms with Crippen molar-refractivity contribution < 1.29 is 14.3 Å². The Morgan fingerprint density at radius 3 is 2.38 bits per heavy atom. The predicted octanol–water partition coefficient (Wildman–Crippen LogP) is 1.30. The van der Waals surface area contributed by atoms with E-state index in [1.807, 2.05) is 24.3 Å². The molecule has 0 radical (unpaired) electrons. The molecule has 0 heterocycles. The van der Waals surface area contributed by atoms with Gasteiger partial charge in [0, 0.05) is 20.7 Å². The number of rotatable bonds is 5. The topological polar surface area (TPSA) is 38.8 Å². The van der Waals surface area contributed by atoms with E-state index < -0.39 is 0 Å². The standard InChI is InChI=1S/C12H17NO3/c1-13(12(14)9-15-2)8-10-4-6-11(16-3)7-5-10/h4-7H,8-9H2,1-3H3. The highest BCUT2D eigenvalue weighted by atomic mass is 16.5. The molecule has 0 aliphatic rings. The third-order valence-corrected chi connectivity index (χ3v) is 2.27. The Kier molecular flexibility index (Phi) is 4.79. The van der Waals surface area contributed by atoms with Gasteiger partial charge < -0.3 is 14.4 Å². The van der Waals surface area contributed by atoms with Crippen LogP contribution in [0.15, 0.2) is 24.3 Å². The SMILES string of the molecule is COCC(=O)N(C)Cc1ccc(OC)cc1. The van der Waals surface area contributed by atoms with E-state index in [2.05, 4.69) is 0 Å². The molecular formula is C12H17NO3. The Morgan fingerprint density at radius 1 is 1.25 bits per heavy atom. The van der Waals surface area contributed by atoms with Gasteiger partial charge in [-0.3, -0.25) is 4.79 Å². The van der Waals surface area contributed by atoms with Crippen molar-refractivity contribution in [2.24, 2.45) is 0 Å². The van der Waals surface area contributed by atoms with Gasteiger partial charge >= 0.3 is 0 Å². The molecule has 0 spiro atoms. The molecule has 0 atom stereocenters. The Labute approximate surface area is 95.8 Å². The first kappa shape index (κ1) is 12.5. The molecule has 0 aliphatic heterocycles. The number of carbonyl (C=O) groups excluding carboxylic acids is 1. The normalized spacial score (nSPS) is 9.94. The maximum absolute atomic E-state index is 11.4. The molecule has 0 unspecified atom stereocenters. The van der Waals surface area contributed by atoms with Gasteiger partial charge in [0.25, 0.3) is 0 Å². The zero-order valence-corrected chi connectivity index (χ0v) is 9.90. The first-order valence-corrected chi connectivity index (χ1v) is 5.03. The molecule has 0 fully saturated rings. The van der Waals surface area contributed by atoms with Crippen molar-refractivity contribution in [2.45, 2.75) is 6.54 Å². The second-order valence-corrected chi connectivity index (χ2v) is 3.53. The number of hydrogen-bond donors (Lipinski definition) is 0. The molecule has 4 heteroatoms. The van der Waals surface area contributed by atoms with Gasteiger partial charge in [0.1, 0.15) is 12.4 Å². The van der Waals surface area contributed by atoms with E-state index in [0.29, 0.717) is 6.54 Å². The number of likely N-dealkylation sites (N-methyl/N-ethyl adjacent to an activating group) is 1. The van der Waals surface area contributed by atoms with Crippen molar-refractivity contribution in [2.75, 3.05) is 27.9 Å². The van der Waals surface area contributed by atoms with Crippen LogP contribution in [0.5, 0.6) is 5.75 Å². The molecule has 1 aromatic carbocycles. The summed E-state index contributed by atoms with van der Waals surface area (Å²) in [5.41, 5.74) is 1.06. The second kappa shape index (κ2) is 6.12. The highest BCUT2D eigenvalue weighted by molar-refractivity contribution is 5.77. The molecule has 0 aliphatic carbocycles. The Balaban J connectivity index is 2.55. The fourth-order valence-electron chi connectivity index (χ4n) is 1.33. The zero-order valence-electron chi connectivity index (χ0n) is 9.90. The minimum atomic E-state index is -0.0293. The molecule has 1 amide bonds. The number of benzene rings is 1. The largest absolute Gasteiger partial charge is 0.497 e. The van der Waals surface area contributed by atoms with Crippen LogP contribution in [0.1, 0.15) is 5.56 Å². The van der Waals surface area contributed by atoms with Gasteiger partial charge in [-0.05, 0) is 17.7 Å². The van der Waals surface area contributed by atoms with Crippen LogP contribution in [0.25, 0.3) is 0 Å². The maximum Gasteiger partial charge on any atom is 0.248 e. The quantitative estimate of drug-likeness (QED) is 0.755. The smallest absolute Gasteiger partial charge is 0.248 e. The lowest BCUT2D eigenvalue weighted by molar-refractivity contribution is -0.134. The summed E-state index contributed by atoms with van der Waals surface area (Å²) in [6.45, 7) is 0.693. The van der Waals surface area contributed by atoms with Crippen LogP contribution in [-0.4, -0.2) is 38.7 Å². The second-order valence-electron chi connectivity index (χ2n) is 3.53. The lowest BCUT2D eigenvalue weighted by atomic mass is 10.2. The van der Waals surface area contributed by atoms with Crippen molar-refractivity contribution in [1.82, 2.24) is 4.90 Å². The van der Waals surface area contributed by atoms with Gasteiger partial charge in [-0.2, -0.15) is 0 Å². The lowest BCUT2D eigenvalue weighted by Gasteiger charge is -2.16. The number of amides is 1. The summed E-state index contributed by atoms with van der Waals surface area (Å²) in [5.74, 6) is 0.785. The minimum Gasteiger partial charge on any atom is -0.497 e. The van der Waals surface area contributed by atoms with E-state index in [4.69, 9.17) is 9.47 Å². The molecule has 1 aromatic rings. The highest BCUT2D eigenvalue weighted by Crippen LogP contribution is 2.12. The molecule has 0 aromatic heterocycles. The molecule has 16 heavy (non-hydrogen) atoms. The van der Waals surface area contributed by atoms with E-state index in [9.17, 15) is 4.79 Å². The third kappa shape index (κ3) is 3.55. The fraction of sp³-hybridized carbons (Fsp3) is 0.417. The molecule has 88 valence electrons. The number of methoxy groups -OCH3 is 2. The van der Waals surface area contributed by atoms with Gasteiger partial charge in [-0.15, -0.1) is 0 Å². The van der Waals surface area contributed by atoms with Crippen molar-refractivity contribution in [3.63, 3.8) is 0 Å². The molecule has 0 saturated heterocycles. The van der Waals surface area contributed by atoms with Gasteiger partial charge in [0.15, 0.2) is 0 Å². The van der Waals surface area contributed by atoms with Crippen LogP contribution < -0.4 is 4.74 Å². The average Bonchev–Trinajstić information content (AvgIpc) is 2.30. The van der Waals surface area contributed by atoms with Gasteiger partial charge in [-0.25, -0.2) is 0 Å². The maximum atomic E-state index is 11.4. The van der Waals surface area contributed by atoms with Crippen molar-refractivity contribution >= 4 is 5.91 Å². The van der Waals surface area contributed by atoms with Gasteiger partial charge in [-0.1, -0.05) is 12.1 Å². The van der Waals surface area contributed by atoms with Gasteiger partial charge in [0.05, 0.1) is 7.11 Å². The Hall–Kier alpha value is -1.55. The molecule has 0 bridgehead atoms. The predicted molar refractivity (Wildman–Crippen MR) is 61.3 cm³/mol. The van der Waals surface area contributed by atoms with E-state index in [1.165, 1.54) is 7.11 Å². The van der Waals surface area contributed by atoms with Crippen molar-refractivity contribution in [1.29, 1.82) is 0 Å². The van der Waals surface area contributed by atoms with Crippen molar-refractivity contribution in [3.05, 3.63) is 29.8 Å². The third-order valence-electron chi connectivity index (χ3n) is 2.27. The molecule has 0 saturated carbocycles. The monoisotopic (exact) mass is 223 g/mol. The number of ether oxygens (including phenoxy) is 2. The number of carbonyl (C=O) groups is 1. The highest BCUT2D eigenvalue weighted by Gasteiger charge is 2.08. The van der Waals surface area contributed by atoms with Crippen LogP contribution >= 0.6 is 0 Å². The summed E-state index contributed by atoms with van der Waals surface area (Å²) in [5, 5.41) is 0. The Morgan fingerprint density at radius 2 is 1.88 bits per heavy atom. The van der Waals surface area contributed by atoms with Crippen molar-refractivity contribution in [3.8, 4) is 5.75 Å². The summed E-state index contributed by atoms with van der Waals surface area (Å²) in [7, 11) is 4.90. The zero-order chi connectivity index (χ0) is 12.0.